The van der Waals surface area contributed by atoms with Gasteiger partial charge in [0.15, 0.2) is 0 Å². The molecule has 2 atom stereocenters. The number of amides is 1. The number of nitrogens with one attached hydrogen (secondary N) is 2. The molecule has 0 unspecified atom stereocenters. The summed E-state index contributed by atoms with van der Waals surface area (Å²) in [7, 11) is 0. The lowest BCUT2D eigenvalue weighted by Crippen LogP contribution is -2.34. The first-order chi connectivity index (χ1) is 12.3. The van der Waals surface area contributed by atoms with Gasteiger partial charge in [0.2, 0.25) is 0 Å². The Morgan fingerprint density at radius 1 is 1.31 bits per heavy atom. The zero-order valence-electron chi connectivity index (χ0n) is 15.1. The molecule has 1 aromatic carbocycles. The van der Waals surface area contributed by atoms with Crippen molar-refractivity contribution in [2.75, 3.05) is 5.32 Å². The normalized spacial score (nSPS) is 18.5. The fraction of sp³-hybridized carbons (Fsp3) is 0.350. The average molecular weight is 350 g/mol. The molecule has 0 spiro atoms. The second-order valence-electron chi connectivity index (χ2n) is 7.39. The third-order valence-electron chi connectivity index (χ3n) is 3.97. The molecule has 1 aliphatic rings. The predicted octanol–water partition coefficient (Wildman–Crippen LogP) is 4.08. The van der Waals surface area contributed by atoms with E-state index in [2.05, 4.69) is 21.7 Å². The van der Waals surface area contributed by atoms with Gasteiger partial charge < -0.3 is 15.4 Å². The Morgan fingerprint density at radius 2 is 2.12 bits per heavy atom. The minimum Gasteiger partial charge on any atom is -0.444 e. The molecule has 3 rings (SSSR count). The van der Waals surface area contributed by atoms with Crippen molar-refractivity contribution < 1.29 is 9.53 Å². The van der Waals surface area contributed by atoms with Gasteiger partial charge in [-0.15, -0.1) is 0 Å². The zero-order chi connectivity index (χ0) is 18.7. The van der Waals surface area contributed by atoms with Crippen LogP contribution >= 0.6 is 0 Å². The van der Waals surface area contributed by atoms with E-state index in [1.54, 1.807) is 12.1 Å². The largest absolute Gasteiger partial charge is 0.444 e. The highest BCUT2D eigenvalue weighted by atomic mass is 16.6. The molecular formula is C20H22N4O2. The summed E-state index contributed by atoms with van der Waals surface area (Å²) in [5.74, 6) is 0.979. The standard InChI is InChI=1S/C20H22N4O2/c1-20(2,3)26-19(25)24-17-10-16(17)14-7-8-18(22-12-14)23-15-6-4-5-13(9-15)11-21/h4-9,12,16-17H,10H2,1-3H3,(H,22,23)(H,24,25)/t16-,17+/m0/s1. The molecule has 2 N–H and O–H groups in total. The van der Waals surface area contributed by atoms with Crippen LogP contribution < -0.4 is 10.6 Å². The second-order valence-corrected chi connectivity index (χ2v) is 7.39. The van der Waals surface area contributed by atoms with Crippen LogP contribution in [0.25, 0.3) is 0 Å². The van der Waals surface area contributed by atoms with E-state index in [1.165, 1.54) is 0 Å². The predicted molar refractivity (Wildman–Crippen MR) is 99.2 cm³/mol. The number of alkyl carbamates (subject to hydrolysis) is 1. The molecule has 0 saturated heterocycles. The molecule has 134 valence electrons. The van der Waals surface area contributed by atoms with Crippen LogP contribution in [0.1, 0.15) is 44.2 Å². The third kappa shape index (κ3) is 4.73. The highest BCUT2D eigenvalue weighted by Crippen LogP contribution is 2.40. The number of carbonyl (C=O) groups is 1. The number of pyridine rings is 1. The lowest BCUT2D eigenvalue weighted by molar-refractivity contribution is 0.0523. The van der Waals surface area contributed by atoms with E-state index < -0.39 is 5.60 Å². The van der Waals surface area contributed by atoms with E-state index >= 15 is 0 Å². The summed E-state index contributed by atoms with van der Waals surface area (Å²) < 4.78 is 5.28. The quantitative estimate of drug-likeness (QED) is 0.867. The number of nitriles is 1. The highest BCUT2D eigenvalue weighted by Gasteiger charge is 2.40. The Bertz CT molecular complexity index is 834. The summed E-state index contributed by atoms with van der Waals surface area (Å²) in [6.07, 6.45) is 2.32. The van der Waals surface area contributed by atoms with Crippen LogP contribution in [-0.4, -0.2) is 22.7 Å². The smallest absolute Gasteiger partial charge is 0.407 e. The summed E-state index contributed by atoms with van der Waals surface area (Å²) >= 11 is 0. The van der Waals surface area contributed by atoms with Gasteiger partial charge in [0.05, 0.1) is 11.6 Å². The number of aromatic nitrogens is 1. The van der Waals surface area contributed by atoms with Crippen LogP contribution in [0.5, 0.6) is 0 Å². The molecule has 1 aromatic heterocycles. The number of carbonyl (C=O) groups excluding carboxylic acids is 1. The van der Waals surface area contributed by atoms with Crippen molar-refractivity contribution in [3.05, 3.63) is 53.7 Å². The summed E-state index contributed by atoms with van der Waals surface area (Å²) in [6.45, 7) is 5.54. The van der Waals surface area contributed by atoms with E-state index in [1.807, 2.05) is 51.2 Å². The maximum Gasteiger partial charge on any atom is 0.407 e. The van der Waals surface area contributed by atoms with Gasteiger partial charge in [0.1, 0.15) is 11.4 Å². The topological polar surface area (TPSA) is 87.0 Å². The van der Waals surface area contributed by atoms with E-state index in [9.17, 15) is 4.79 Å². The van der Waals surface area contributed by atoms with Crippen molar-refractivity contribution in [1.29, 1.82) is 5.26 Å². The van der Waals surface area contributed by atoms with Gasteiger partial charge in [0.25, 0.3) is 0 Å². The number of nitrogens with zero attached hydrogens (tertiary/aromatic N) is 2. The van der Waals surface area contributed by atoms with Crippen molar-refractivity contribution in [2.45, 2.75) is 44.8 Å². The maximum absolute atomic E-state index is 11.8. The molecule has 2 aromatic rings. The van der Waals surface area contributed by atoms with Gasteiger partial charge in [-0.25, -0.2) is 9.78 Å². The van der Waals surface area contributed by atoms with Crippen molar-refractivity contribution in [3.8, 4) is 6.07 Å². The second kappa shape index (κ2) is 7.04. The first-order valence-corrected chi connectivity index (χ1v) is 8.57. The summed E-state index contributed by atoms with van der Waals surface area (Å²) in [5, 5.41) is 15.0. The number of rotatable bonds is 4. The van der Waals surface area contributed by atoms with Crippen LogP contribution in [0.2, 0.25) is 0 Å². The average Bonchev–Trinajstić information content (AvgIpc) is 3.33. The fourth-order valence-electron chi connectivity index (χ4n) is 2.69. The SMILES string of the molecule is CC(C)(C)OC(=O)N[C@@H]1C[C@H]1c1ccc(Nc2cccc(C#N)c2)nc1. The van der Waals surface area contributed by atoms with Crippen LogP contribution in [0.15, 0.2) is 42.6 Å². The van der Waals surface area contributed by atoms with Crippen LogP contribution in [0.4, 0.5) is 16.3 Å². The van der Waals surface area contributed by atoms with Gasteiger partial charge in [-0.1, -0.05) is 12.1 Å². The van der Waals surface area contributed by atoms with Crippen molar-refractivity contribution >= 4 is 17.6 Å². The monoisotopic (exact) mass is 350 g/mol. The van der Waals surface area contributed by atoms with Crippen molar-refractivity contribution in [1.82, 2.24) is 10.3 Å². The van der Waals surface area contributed by atoms with Gasteiger partial charge in [-0.2, -0.15) is 5.26 Å². The van der Waals surface area contributed by atoms with Gasteiger partial charge in [-0.05, 0) is 57.0 Å². The first-order valence-electron chi connectivity index (χ1n) is 8.57. The molecule has 6 nitrogen and oxygen atoms in total. The third-order valence-corrected chi connectivity index (χ3v) is 3.97. The number of hydrogen-bond donors (Lipinski definition) is 2. The van der Waals surface area contributed by atoms with E-state index in [0.29, 0.717) is 11.4 Å². The van der Waals surface area contributed by atoms with Crippen molar-refractivity contribution in [2.24, 2.45) is 0 Å². The lowest BCUT2D eigenvalue weighted by atomic mass is 10.2. The number of anilines is 2. The molecule has 0 aliphatic heterocycles. The van der Waals surface area contributed by atoms with E-state index in [-0.39, 0.29) is 18.1 Å². The summed E-state index contributed by atoms with van der Waals surface area (Å²) in [6, 6.07) is 13.4. The molecule has 0 bridgehead atoms. The molecule has 1 saturated carbocycles. The van der Waals surface area contributed by atoms with Crippen LogP contribution in [0, 0.1) is 11.3 Å². The van der Waals surface area contributed by atoms with Crippen LogP contribution in [0.3, 0.4) is 0 Å². The molecule has 1 heterocycles. The fourth-order valence-corrected chi connectivity index (χ4v) is 2.69. The Balaban J connectivity index is 1.56. The lowest BCUT2D eigenvalue weighted by Gasteiger charge is -2.19. The molecule has 1 amide bonds. The Hall–Kier alpha value is -3.07. The maximum atomic E-state index is 11.8. The molecule has 6 heteroatoms. The summed E-state index contributed by atoms with van der Waals surface area (Å²) in [5.41, 5.74) is 2.01. The number of ether oxygens (including phenoxy) is 1. The van der Waals surface area contributed by atoms with Gasteiger partial charge >= 0.3 is 6.09 Å². The van der Waals surface area contributed by atoms with E-state index in [4.69, 9.17) is 10.00 Å². The molecule has 0 radical (unpaired) electrons. The Labute approximate surface area is 153 Å². The Kier molecular flexibility index (Phi) is 4.81. The number of benzene rings is 1. The molecular weight excluding hydrogens is 328 g/mol. The summed E-state index contributed by atoms with van der Waals surface area (Å²) in [4.78, 5) is 16.2. The molecule has 1 fully saturated rings. The first kappa shape index (κ1) is 17.7. The van der Waals surface area contributed by atoms with Crippen LogP contribution in [-0.2, 0) is 4.74 Å². The molecule has 26 heavy (non-hydrogen) atoms. The minimum absolute atomic E-state index is 0.0952. The zero-order valence-corrected chi connectivity index (χ0v) is 15.1. The minimum atomic E-state index is -0.494. The molecule has 1 aliphatic carbocycles. The van der Waals surface area contributed by atoms with Gasteiger partial charge in [-0.3, -0.25) is 0 Å². The Morgan fingerprint density at radius 3 is 2.77 bits per heavy atom. The van der Waals surface area contributed by atoms with Crippen molar-refractivity contribution in [3.63, 3.8) is 0 Å². The van der Waals surface area contributed by atoms with Gasteiger partial charge in [0, 0.05) is 23.8 Å². The number of hydrogen-bond acceptors (Lipinski definition) is 5. The van der Waals surface area contributed by atoms with E-state index in [0.717, 1.165) is 17.7 Å². The highest BCUT2D eigenvalue weighted by molar-refractivity contribution is 5.69.